The van der Waals surface area contributed by atoms with E-state index >= 15 is 0 Å². The van der Waals surface area contributed by atoms with Gasteiger partial charge in [0.05, 0.1) is 0 Å². The first kappa shape index (κ1) is 23.8. The Bertz CT molecular complexity index is 1400. The number of carbonyl (C=O) groups excluding carboxylic acids is 2. The molecule has 178 valence electrons. The van der Waals surface area contributed by atoms with E-state index in [0.717, 1.165) is 10.6 Å². The topological polar surface area (TPSA) is 58.2 Å². The predicted octanol–water partition coefficient (Wildman–Crippen LogP) is 7.19. The molecule has 0 spiro atoms. The van der Waals surface area contributed by atoms with Gasteiger partial charge in [-0.15, -0.1) is 11.3 Å². The van der Waals surface area contributed by atoms with Gasteiger partial charge in [-0.3, -0.25) is 9.59 Å². The minimum atomic E-state index is -0.679. The summed E-state index contributed by atoms with van der Waals surface area (Å²) in [4.78, 5) is 28.3. The first-order valence-electron chi connectivity index (χ1n) is 11.1. The summed E-state index contributed by atoms with van der Waals surface area (Å²) in [7, 11) is 0. The van der Waals surface area contributed by atoms with Crippen molar-refractivity contribution in [1.82, 2.24) is 5.32 Å². The lowest BCUT2D eigenvalue weighted by Gasteiger charge is -2.37. The molecule has 2 aromatic carbocycles. The minimum Gasteiger partial charge on any atom is -0.362 e. The highest BCUT2D eigenvalue weighted by Gasteiger charge is 2.41. The molecule has 1 aliphatic carbocycles. The molecule has 0 radical (unpaired) electrons. The van der Waals surface area contributed by atoms with Crippen LogP contribution in [0.2, 0.25) is 10.0 Å². The number of carbonyl (C=O) groups is 2. The smallest absolute Gasteiger partial charge is 0.254 e. The second-order valence-corrected chi connectivity index (χ2v) is 10.5. The van der Waals surface area contributed by atoms with E-state index in [2.05, 4.69) is 10.6 Å². The average Bonchev–Trinajstić information content (AvgIpc) is 3.33. The molecule has 1 amide bonds. The van der Waals surface area contributed by atoms with Gasteiger partial charge in [-0.25, -0.2) is 4.39 Å². The Morgan fingerprint density at radius 2 is 1.94 bits per heavy atom. The summed E-state index contributed by atoms with van der Waals surface area (Å²) in [5.41, 5.74) is 3.27. The van der Waals surface area contributed by atoms with Gasteiger partial charge in [0.1, 0.15) is 5.82 Å². The number of anilines is 1. The number of dihydropyridines is 1. The number of benzene rings is 2. The van der Waals surface area contributed by atoms with E-state index in [0.29, 0.717) is 51.0 Å². The number of hydrogen-bond donors (Lipinski definition) is 2. The fourth-order valence-corrected chi connectivity index (χ4v) is 6.22. The number of halogens is 3. The van der Waals surface area contributed by atoms with Crippen LogP contribution in [-0.4, -0.2) is 11.7 Å². The van der Waals surface area contributed by atoms with Gasteiger partial charge >= 0.3 is 0 Å². The Morgan fingerprint density at radius 3 is 2.66 bits per heavy atom. The zero-order valence-electron chi connectivity index (χ0n) is 18.7. The van der Waals surface area contributed by atoms with Crippen LogP contribution < -0.4 is 10.6 Å². The number of rotatable bonds is 4. The molecular formula is C27H21Cl2FN2O2S. The van der Waals surface area contributed by atoms with Crippen molar-refractivity contribution in [3.8, 4) is 0 Å². The van der Waals surface area contributed by atoms with Crippen LogP contribution in [0.4, 0.5) is 10.1 Å². The van der Waals surface area contributed by atoms with Gasteiger partial charge in [0.25, 0.3) is 5.91 Å². The molecule has 3 aromatic rings. The van der Waals surface area contributed by atoms with Gasteiger partial charge in [0, 0.05) is 61.4 Å². The Hall–Kier alpha value is -2.93. The van der Waals surface area contributed by atoms with Crippen molar-refractivity contribution in [2.75, 3.05) is 5.32 Å². The number of thiophene rings is 1. The van der Waals surface area contributed by atoms with E-state index in [9.17, 15) is 14.0 Å². The van der Waals surface area contributed by atoms with Gasteiger partial charge in [0.2, 0.25) is 0 Å². The number of ketones is 1. The fraction of sp³-hybridized carbons (Fsp3) is 0.185. The molecule has 5 rings (SSSR count). The van der Waals surface area contributed by atoms with Gasteiger partial charge in [-0.1, -0.05) is 41.4 Å². The Labute approximate surface area is 216 Å². The molecule has 0 bridgehead atoms. The quantitative estimate of drug-likeness (QED) is 0.378. The van der Waals surface area contributed by atoms with Crippen molar-refractivity contribution in [2.24, 2.45) is 0 Å². The van der Waals surface area contributed by atoms with Gasteiger partial charge < -0.3 is 10.6 Å². The maximum atomic E-state index is 13.7. The predicted molar refractivity (Wildman–Crippen MR) is 138 cm³/mol. The Morgan fingerprint density at radius 1 is 1.11 bits per heavy atom. The van der Waals surface area contributed by atoms with Crippen LogP contribution in [0.3, 0.4) is 0 Å². The van der Waals surface area contributed by atoms with Crippen LogP contribution >= 0.6 is 34.5 Å². The van der Waals surface area contributed by atoms with Crippen LogP contribution in [0, 0.1) is 5.82 Å². The van der Waals surface area contributed by atoms with Gasteiger partial charge in [0.15, 0.2) is 5.78 Å². The Kier molecular flexibility index (Phi) is 6.53. The van der Waals surface area contributed by atoms with E-state index in [1.54, 1.807) is 42.5 Å². The van der Waals surface area contributed by atoms with Gasteiger partial charge in [-0.05, 0) is 60.7 Å². The minimum absolute atomic E-state index is 0.0308. The first-order valence-corrected chi connectivity index (χ1v) is 12.7. The van der Waals surface area contributed by atoms with Crippen LogP contribution in [0.5, 0.6) is 0 Å². The molecule has 0 saturated carbocycles. The Balaban J connectivity index is 1.60. The molecule has 1 aromatic heterocycles. The third-order valence-corrected chi connectivity index (χ3v) is 7.97. The molecule has 8 heteroatoms. The van der Waals surface area contributed by atoms with Crippen molar-refractivity contribution in [3.05, 3.63) is 109 Å². The first-order chi connectivity index (χ1) is 16.8. The average molecular weight is 527 g/mol. The van der Waals surface area contributed by atoms with Crippen molar-refractivity contribution >= 4 is 51.9 Å². The van der Waals surface area contributed by atoms with Crippen LogP contribution in [0.15, 0.2) is 82.5 Å². The van der Waals surface area contributed by atoms with E-state index in [-0.39, 0.29) is 11.7 Å². The summed E-state index contributed by atoms with van der Waals surface area (Å²) < 4.78 is 13.7. The van der Waals surface area contributed by atoms with E-state index < -0.39 is 17.6 Å². The normalized spacial score (nSPS) is 19.9. The molecule has 2 N–H and O–H groups in total. The molecule has 2 atom stereocenters. The summed E-state index contributed by atoms with van der Waals surface area (Å²) in [5.74, 6) is -1.53. The van der Waals surface area contributed by atoms with Crippen molar-refractivity contribution < 1.29 is 14.0 Å². The lowest BCUT2D eigenvalue weighted by Crippen LogP contribution is -2.37. The van der Waals surface area contributed by atoms with Crippen LogP contribution in [0.1, 0.15) is 42.0 Å². The van der Waals surface area contributed by atoms with E-state index in [4.69, 9.17) is 23.2 Å². The highest BCUT2D eigenvalue weighted by atomic mass is 35.5. The summed E-state index contributed by atoms with van der Waals surface area (Å²) in [6.45, 7) is 1.81. The van der Waals surface area contributed by atoms with Gasteiger partial charge in [-0.2, -0.15) is 0 Å². The number of allylic oxidation sites excluding steroid dienone is 3. The summed E-state index contributed by atoms with van der Waals surface area (Å²) in [5, 5.41) is 8.95. The highest BCUT2D eigenvalue weighted by molar-refractivity contribution is 7.10. The largest absolute Gasteiger partial charge is 0.362 e. The van der Waals surface area contributed by atoms with E-state index in [1.165, 1.54) is 18.2 Å². The molecule has 0 fully saturated rings. The summed E-state index contributed by atoms with van der Waals surface area (Å²) in [6, 6.07) is 14.8. The summed E-state index contributed by atoms with van der Waals surface area (Å²) in [6.07, 6.45) is 1.00. The molecule has 2 heterocycles. The third kappa shape index (κ3) is 4.66. The maximum absolute atomic E-state index is 13.7. The monoisotopic (exact) mass is 526 g/mol. The summed E-state index contributed by atoms with van der Waals surface area (Å²) >= 11 is 14.4. The van der Waals surface area contributed by atoms with Crippen molar-refractivity contribution in [2.45, 2.75) is 31.6 Å². The number of hydrogen-bond acceptors (Lipinski definition) is 4. The maximum Gasteiger partial charge on any atom is 0.254 e. The molecule has 0 unspecified atom stereocenters. The lowest BCUT2D eigenvalue weighted by atomic mass is 9.72. The standard InChI is InChI=1S/C27H21Cl2FN2O2S/c1-14-24(27(34)32-18-5-2-4-17(30)13-18)25(19-8-7-16(28)12-20(19)29)26-21(31-14)10-15(11-22(26)33)23-6-3-9-35-23/h2-9,12-13,15,25,31H,10-11H2,1H3,(H,32,34)/t15-,25-/m1/s1. The zero-order valence-corrected chi connectivity index (χ0v) is 21.0. The molecule has 35 heavy (non-hydrogen) atoms. The fourth-order valence-electron chi connectivity index (χ4n) is 4.88. The molecule has 4 nitrogen and oxygen atoms in total. The van der Waals surface area contributed by atoms with Crippen LogP contribution in [-0.2, 0) is 9.59 Å². The molecular weight excluding hydrogens is 506 g/mol. The lowest BCUT2D eigenvalue weighted by molar-refractivity contribution is -0.116. The SMILES string of the molecule is CC1=C(C(=O)Nc2cccc(F)c2)[C@@H](c2ccc(Cl)cc2Cl)C2=C(C[C@@H](c3cccs3)CC2=O)N1. The second-order valence-electron chi connectivity index (χ2n) is 8.66. The van der Waals surface area contributed by atoms with Crippen molar-refractivity contribution in [3.63, 3.8) is 0 Å². The number of Topliss-reactive ketones (excluding diaryl/α,β-unsaturated/α-hetero) is 1. The second kappa shape index (κ2) is 9.61. The molecule has 2 aliphatic rings. The zero-order chi connectivity index (χ0) is 24.7. The van der Waals surface area contributed by atoms with Crippen LogP contribution in [0.25, 0.3) is 0 Å². The van der Waals surface area contributed by atoms with Crippen molar-refractivity contribution in [1.29, 1.82) is 0 Å². The van der Waals surface area contributed by atoms with E-state index in [1.807, 2.05) is 17.5 Å². The highest BCUT2D eigenvalue weighted by Crippen LogP contribution is 2.47. The number of amides is 1. The third-order valence-electron chi connectivity index (χ3n) is 6.37. The number of nitrogens with one attached hydrogen (secondary N) is 2. The molecule has 1 aliphatic heterocycles. The molecule has 0 saturated heterocycles.